The van der Waals surface area contributed by atoms with Gasteiger partial charge in [-0.2, -0.15) is 5.10 Å². The largest absolute Gasteiger partial charge is 0.381 e. The summed E-state index contributed by atoms with van der Waals surface area (Å²) in [5, 5.41) is 8.21. The van der Waals surface area contributed by atoms with E-state index in [1.807, 2.05) is 36.0 Å². The Kier molecular flexibility index (Phi) is 3.66. The molecule has 0 aliphatic carbocycles. The van der Waals surface area contributed by atoms with Gasteiger partial charge in [-0.3, -0.25) is 4.68 Å². The molecule has 4 nitrogen and oxygen atoms in total. The highest BCUT2D eigenvalue weighted by Gasteiger charge is 2.10. The summed E-state index contributed by atoms with van der Waals surface area (Å²) in [7, 11) is 1.91. The van der Waals surface area contributed by atoms with E-state index in [0.717, 1.165) is 23.5 Å². The summed E-state index contributed by atoms with van der Waals surface area (Å²) in [6.45, 7) is 1.31. The van der Waals surface area contributed by atoms with E-state index in [9.17, 15) is 0 Å². The third kappa shape index (κ3) is 2.60. The lowest BCUT2D eigenvalue weighted by molar-refractivity contribution is 0.776. The minimum absolute atomic E-state index is 0.587. The maximum Gasteiger partial charge on any atom is 0.0911 e. The summed E-state index contributed by atoms with van der Waals surface area (Å²) in [5.41, 5.74) is 8.51. The van der Waals surface area contributed by atoms with Crippen LogP contribution < -0.4 is 11.1 Å². The summed E-state index contributed by atoms with van der Waals surface area (Å²) in [5.74, 6) is 0. The van der Waals surface area contributed by atoms with Crippen LogP contribution in [0.2, 0.25) is 5.02 Å². The van der Waals surface area contributed by atoms with Gasteiger partial charge in [0.25, 0.3) is 0 Å². The zero-order chi connectivity index (χ0) is 12.3. The number of benzene rings is 1. The Bertz CT molecular complexity index is 507. The molecule has 2 aromatic rings. The molecule has 17 heavy (non-hydrogen) atoms. The van der Waals surface area contributed by atoms with Crippen molar-refractivity contribution in [3.8, 4) is 11.3 Å². The number of hydrogen-bond donors (Lipinski definition) is 2. The highest BCUT2D eigenvalue weighted by Crippen LogP contribution is 2.28. The lowest BCUT2D eigenvalue weighted by atomic mass is 10.1. The van der Waals surface area contributed by atoms with Crippen molar-refractivity contribution in [2.75, 3.05) is 18.4 Å². The highest BCUT2D eigenvalue weighted by molar-refractivity contribution is 6.30. The van der Waals surface area contributed by atoms with E-state index < -0.39 is 0 Å². The topological polar surface area (TPSA) is 55.9 Å². The van der Waals surface area contributed by atoms with Crippen LogP contribution in [0.4, 0.5) is 5.69 Å². The maximum absolute atomic E-state index is 6.00. The molecule has 0 aliphatic heterocycles. The van der Waals surface area contributed by atoms with E-state index in [-0.39, 0.29) is 0 Å². The maximum atomic E-state index is 6.00. The van der Waals surface area contributed by atoms with Crippen LogP contribution in [-0.4, -0.2) is 22.9 Å². The van der Waals surface area contributed by atoms with Crippen molar-refractivity contribution in [2.45, 2.75) is 0 Å². The zero-order valence-electron chi connectivity index (χ0n) is 9.65. The Morgan fingerprint density at radius 3 is 3.00 bits per heavy atom. The van der Waals surface area contributed by atoms with Crippen LogP contribution in [0.5, 0.6) is 0 Å². The number of nitrogens with two attached hydrogens (primary N) is 1. The Hall–Kier alpha value is -1.52. The van der Waals surface area contributed by atoms with Crippen LogP contribution in [0.15, 0.2) is 30.5 Å². The lowest BCUT2D eigenvalue weighted by Gasteiger charge is -2.08. The summed E-state index contributed by atoms with van der Waals surface area (Å²) in [6.07, 6.45) is 1.80. The van der Waals surface area contributed by atoms with Crippen LogP contribution in [-0.2, 0) is 7.05 Å². The van der Waals surface area contributed by atoms with Gasteiger partial charge in [0.2, 0.25) is 0 Å². The second kappa shape index (κ2) is 5.21. The summed E-state index contributed by atoms with van der Waals surface area (Å²) in [6, 6.07) is 7.72. The number of rotatable bonds is 4. The number of nitrogens with one attached hydrogen (secondary N) is 1. The van der Waals surface area contributed by atoms with Crippen LogP contribution in [0.3, 0.4) is 0 Å². The summed E-state index contributed by atoms with van der Waals surface area (Å²) < 4.78 is 1.82. The zero-order valence-corrected chi connectivity index (χ0v) is 10.4. The molecule has 0 unspecified atom stereocenters. The second-order valence-electron chi connectivity index (χ2n) is 3.76. The first kappa shape index (κ1) is 12.0. The average molecular weight is 251 g/mol. The van der Waals surface area contributed by atoms with E-state index in [0.29, 0.717) is 11.6 Å². The van der Waals surface area contributed by atoms with Gasteiger partial charge in [-0.25, -0.2) is 0 Å². The third-order valence-corrected chi connectivity index (χ3v) is 2.73. The average Bonchev–Trinajstić information content (AvgIpc) is 2.68. The molecule has 2 rings (SSSR count). The molecule has 90 valence electrons. The molecule has 0 bridgehead atoms. The van der Waals surface area contributed by atoms with Gasteiger partial charge < -0.3 is 11.1 Å². The van der Waals surface area contributed by atoms with Gasteiger partial charge in [-0.1, -0.05) is 23.7 Å². The van der Waals surface area contributed by atoms with Crippen molar-refractivity contribution in [2.24, 2.45) is 12.8 Å². The van der Waals surface area contributed by atoms with E-state index in [4.69, 9.17) is 17.3 Å². The van der Waals surface area contributed by atoms with Gasteiger partial charge in [-0.15, -0.1) is 0 Å². The fraction of sp³-hybridized carbons (Fsp3) is 0.250. The van der Waals surface area contributed by atoms with E-state index >= 15 is 0 Å². The smallest absolute Gasteiger partial charge is 0.0911 e. The summed E-state index contributed by atoms with van der Waals surface area (Å²) in [4.78, 5) is 0. The normalized spacial score (nSPS) is 10.5. The Morgan fingerprint density at radius 2 is 2.29 bits per heavy atom. The molecular formula is C12H15ClN4. The molecular weight excluding hydrogens is 236 g/mol. The molecule has 0 amide bonds. The van der Waals surface area contributed by atoms with Crippen LogP contribution >= 0.6 is 11.6 Å². The number of anilines is 1. The predicted molar refractivity (Wildman–Crippen MR) is 71.2 cm³/mol. The molecule has 1 aromatic heterocycles. The molecule has 0 saturated heterocycles. The second-order valence-corrected chi connectivity index (χ2v) is 4.19. The molecule has 1 aromatic carbocycles. The Labute approximate surface area is 105 Å². The predicted octanol–water partition coefficient (Wildman–Crippen LogP) is 2.11. The minimum Gasteiger partial charge on any atom is -0.381 e. The van der Waals surface area contributed by atoms with Crippen molar-refractivity contribution in [1.82, 2.24) is 9.78 Å². The monoisotopic (exact) mass is 250 g/mol. The van der Waals surface area contributed by atoms with Crippen molar-refractivity contribution >= 4 is 17.3 Å². The highest BCUT2D eigenvalue weighted by atomic mass is 35.5. The van der Waals surface area contributed by atoms with E-state index in [1.54, 1.807) is 6.20 Å². The molecule has 0 spiro atoms. The first-order valence-electron chi connectivity index (χ1n) is 5.44. The number of aryl methyl sites for hydroxylation is 1. The molecule has 1 heterocycles. The van der Waals surface area contributed by atoms with Gasteiger partial charge in [-0.05, 0) is 12.1 Å². The van der Waals surface area contributed by atoms with E-state index in [1.165, 1.54) is 0 Å². The number of halogens is 1. The van der Waals surface area contributed by atoms with Crippen LogP contribution in [0.25, 0.3) is 11.3 Å². The van der Waals surface area contributed by atoms with Crippen LogP contribution in [0, 0.1) is 0 Å². The number of nitrogens with zero attached hydrogens (tertiary/aromatic N) is 2. The molecule has 0 aliphatic rings. The van der Waals surface area contributed by atoms with Crippen molar-refractivity contribution in [1.29, 1.82) is 0 Å². The lowest BCUT2D eigenvalue weighted by Crippen LogP contribution is -2.13. The first-order chi connectivity index (χ1) is 8.22. The Morgan fingerprint density at radius 1 is 1.47 bits per heavy atom. The first-order valence-corrected chi connectivity index (χ1v) is 5.82. The van der Waals surface area contributed by atoms with Gasteiger partial charge in [0.15, 0.2) is 0 Å². The SMILES string of the molecule is Cn1ncc(NCCN)c1-c1cccc(Cl)c1. The van der Waals surface area contributed by atoms with Crippen LogP contribution in [0.1, 0.15) is 0 Å². The van der Waals surface area contributed by atoms with Gasteiger partial charge >= 0.3 is 0 Å². The standard InChI is InChI=1S/C12H15ClN4/c1-17-12(9-3-2-4-10(13)7-9)11(8-16-17)15-6-5-14/h2-4,7-8,15H,5-6,14H2,1H3. The molecule has 5 heteroatoms. The summed E-state index contributed by atoms with van der Waals surface area (Å²) >= 11 is 6.00. The molecule has 0 radical (unpaired) electrons. The fourth-order valence-corrected chi connectivity index (χ4v) is 1.94. The van der Waals surface area contributed by atoms with Crippen molar-refractivity contribution in [3.05, 3.63) is 35.5 Å². The van der Waals surface area contributed by atoms with E-state index in [2.05, 4.69) is 10.4 Å². The van der Waals surface area contributed by atoms with Gasteiger partial charge in [0.05, 0.1) is 17.6 Å². The van der Waals surface area contributed by atoms with Crippen molar-refractivity contribution < 1.29 is 0 Å². The fourth-order valence-electron chi connectivity index (χ4n) is 1.75. The number of hydrogen-bond acceptors (Lipinski definition) is 3. The molecule has 0 fully saturated rings. The quantitative estimate of drug-likeness (QED) is 0.874. The van der Waals surface area contributed by atoms with Gasteiger partial charge in [0.1, 0.15) is 0 Å². The molecule has 3 N–H and O–H groups in total. The minimum atomic E-state index is 0.587. The number of aromatic nitrogens is 2. The Balaban J connectivity index is 2.39. The van der Waals surface area contributed by atoms with Crippen molar-refractivity contribution in [3.63, 3.8) is 0 Å². The molecule has 0 atom stereocenters. The third-order valence-electron chi connectivity index (χ3n) is 2.50. The molecule has 0 saturated carbocycles. The van der Waals surface area contributed by atoms with Gasteiger partial charge in [0, 0.05) is 30.7 Å².